The molecule has 0 radical (unpaired) electrons. The molecule has 0 spiro atoms. The number of rotatable bonds is 6. The van der Waals surface area contributed by atoms with E-state index in [-0.39, 0.29) is 11.9 Å². The van der Waals surface area contributed by atoms with Gasteiger partial charge in [0, 0.05) is 29.2 Å². The fraction of sp³-hybridized carbons (Fsp3) is 0.500. The van der Waals surface area contributed by atoms with Crippen molar-refractivity contribution in [2.75, 3.05) is 7.05 Å². The average Bonchev–Trinajstić information content (AvgIpc) is 2.35. The largest absolute Gasteiger partial charge is 0.358 e. The fourth-order valence-corrected chi connectivity index (χ4v) is 2.39. The molecule has 1 aromatic carbocycles. The first-order valence-corrected chi connectivity index (χ1v) is 7.09. The maximum Gasteiger partial charge on any atom is 0.236 e. The van der Waals surface area contributed by atoms with Crippen molar-refractivity contribution in [3.05, 3.63) is 33.8 Å². The third kappa shape index (κ3) is 5.01. The van der Waals surface area contributed by atoms with Crippen LogP contribution in [0.1, 0.15) is 25.8 Å². The molecule has 19 heavy (non-hydrogen) atoms. The van der Waals surface area contributed by atoms with Gasteiger partial charge in [0.05, 0.1) is 6.04 Å². The van der Waals surface area contributed by atoms with Crippen molar-refractivity contribution < 1.29 is 4.79 Å². The lowest BCUT2D eigenvalue weighted by molar-refractivity contribution is -0.123. The summed E-state index contributed by atoms with van der Waals surface area (Å²) in [5.41, 5.74) is 0.823. The van der Waals surface area contributed by atoms with Crippen LogP contribution >= 0.6 is 23.2 Å². The Labute approximate surface area is 124 Å². The summed E-state index contributed by atoms with van der Waals surface area (Å²) in [7, 11) is 1.64. The van der Waals surface area contributed by atoms with Gasteiger partial charge in [-0.25, -0.2) is 0 Å². The van der Waals surface area contributed by atoms with Crippen LogP contribution < -0.4 is 10.6 Å². The SMILES string of the molecule is CNC(=O)C(CC(C)C)NCc1c(Cl)cccc1Cl. The summed E-state index contributed by atoms with van der Waals surface area (Å²) in [5, 5.41) is 7.11. The molecule has 1 atom stereocenters. The third-order valence-corrected chi connectivity index (χ3v) is 3.57. The molecule has 0 fully saturated rings. The second kappa shape index (κ2) is 7.73. The summed E-state index contributed by atoms with van der Waals surface area (Å²) in [6.45, 7) is 4.64. The van der Waals surface area contributed by atoms with Gasteiger partial charge in [0.1, 0.15) is 0 Å². The lowest BCUT2D eigenvalue weighted by atomic mass is 10.0. The van der Waals surface area contributed by atoms with Gasteiger partial charge in [-0.05, 0) is 24.5 Å². The molecule has 1 amide bonds. The molecule has 0 bridgehead atoms. The number of halogens is 2. The van der Waals surface area contributed by atoms with Crippen LogP contribution in [0.2, 0.25) is 10.0 Å². The molecular formula is C14H20Cl2N2O. The van der Waals surface area contributed by atoms with Crippen LogP contribution in [0.25, 0.3) is 0 Å². The van der Waals surface area contributed by atoms with E-state index in [2.05, 4.69) is 24.5 Å². The zero-order chi connectivity index (χ0) is 14.4. The maximum atomic E-state index is 11.8. The van der Waals surface area contributed by atoms with E-state index in [0.29, 0.717) is 22.5 Å². The molecule has 0 aliphatic heterocycles. The Hall–Kier alpha value is -0.770. The average molecular weight is 303 g/mol. The van der Waals surface area contributed by atoms with E-state index in [4.69, 9.17) is 23.2 Å². The quantitative estimate of drug-likeness (QED) is 0.847. The molecule has 106 valence electrons. The monoisotopic (exact) mass is 302 g/mol. The molecular weight excluding hydrogens is 283 g/mol. The Morgan fingerprint density at radius 2 is 1.84 bits per heavy atom. The van der Waals surface area contributed by atoms with E-state index in [9.17, 15) is 4.79 Å². The number of amides is 1. The summed E-state index contributed by atoms with van der Waals surface area (Å²) in [6.07, 6.45) is 0.766. The highest BCUT2D eigenvalue weighted by Gasteiger charge is 2.18. The molecule has 0 aliphatic carbocycles. The van der Waals surface area contributed by atoms with Gasteiger partial charge in [0.2, 0.25) is 5.91 Å². The molecule has 3 nitrogen and oxygen atoms in total. The molecule has 0 heterocycles. The lowest BCUT2D eigenvalue weighted by Crippen LogP contribution is -2.43. The minimum absolute atomic E-state index is 0.0168. The van der Waals surface area contributed by atoms with Gasteiger partial charge in [-0.3, -0.25) is 4.79 Å². The molecule has 1 aromatic rings. The number of likely N-dealkylation sites (N-methyl/N-ethyl adjacent to an activating group) is 1. The van der Waals surface area contributed by atoms with E-state index < -0.39 is 0 Å². The minimum Gasteiger partial charge on any atom is -0.358 e. The molecule has 1 unspecified atom stereocenters. The van der Waals surface area contributed by atoms with Crippen LogP contribution in [0.3, 0.4) is 0 Å². The summed E-state index contributed by atoms with van der Waals surface area (Å²) in [5.74, 6) is 0.411. The van der Waals surface area contributed by atoms with Crippen molar-refractivity contribution in [1.82, 2.24) is 10.6 Å². The van der Waals surface area contributed by atoms with Crippen molar-refractivity contribution >= 4 is 29.1 Å². The first-order valence-electron chi connectivity index (χ1n) is 6.33. The first kappa shape index (κ1) is 16.3. The molecule has 0 aromatic heterocycles. The number of nitrogens with one attached hydrogen (secondary N) is 2. The van der Waals surface area contributed by atoms with E-state index >= 15 is 0 Å². The standard InChI is InChI=1S/C14H20Cl2N2O/c1-9(2)7-13(14(19)17-3)18-8-10-11(15)5-4-6-12(10)16/h4-6,9,13,18H,7-8H2,1-3H3,(H,17,19). The van der Waals surface area contributed by atoms with Gasteiger partial charge in [0.25, 0.3) is 0 Å². The predicted octanol–water partition coefficient (Wildman–Crippen LogP) is 3.24. The number of hydrogen-bond donors (Lipinski definition) is 2. The van der Waals surface area contributed by atoms with E-state index in [1.165, 1.54) is 0 Å². The van der Waals surface area contributed by atoms with Gasteiger partial charge in [0.15, 0.2) is 0 Å². The highest BCUT2D eigenvalue weighted by molar-refractivity contribution is 6.35. The number of carbonyl (C=O) groups excluding carboxylic acids is 1. The second-order valence-corrected chi connectivity index (χ2v) is 5.69. The van der Waals surface area contributed by atoms with Crippen LogP contribution in [0.5, 0.6) is 0 Å². The van der Waals surface area contributed by atoms with Gasteiger partial charge in [-0.2, -0.15) is 0 Å². The first-order chi connectivity index (χ1) is 8.95. The molecule has 0 saturated heterocycles. The normalized spacial score (nSPS) is 12.5. The van der Waals surface area contributed by atoms with Crippen LogP contribution in [0.4, 0.5) is 0 Å². The zero-order valence-corrected chi connectivity index (χ0v) is 13.0. The van der Waals surface area contributed by atoms with Crippen molar-refractivity contribution in [3.63, 3.8) is 0 Å². The maximum absolute atomic E-state index is 11.8. The lowest BCUT2D eigenvalue weighted by Gasteiger charge is -2.20. The number of benzene rings is 1. The van der Waals surface area contributed by atoms with E-state index in [1.54, 1.807) is 25.2 Å². The van der Waals surface area contributed by atoms with Crippen LogP contribution in [-0.4, -0.2) is 19.0 Å². The predicted molar refractivity (Wildman–Crippen MR) is 80.6 cm³/mol. The van der Waals surface area contributed by atoms with Crippen molar-refractivity contribution in [2.45, 2.75) is 32.9 Å². The number of hydrogen-bond acceptors (Lipinski definition) is 2. The van der Waals surface area contributed by atoms with Crippen LogP contribution in [0, 0.1) is 5.92 Å². The summed E-state index contributed by atoms with van der Waals surface area (Å²) >= 11 is 12.2. The zero-order valence-electron chi connectivity index (χ0n) is 11.5. The van der Waals surface area contributed by atoms with Gasteiger partial charge < -0.3 is 10.6 Å². The summed E-state index contributed by atoms with van der Waals surface area (Å²) in [4.78, 5) is 11.8. The molecule has 0 aliphatic rings. The summed E-state index contributed by atoms with van der Waals surface area (Å²) in [6, 6.07) is 5.15. The topological polar surface area (TPSA) is 41.1 Å². The highest BCUT2D eigenvalue weighted by atomic mass is 35.5. The molecule has 0 saturated carbocycles. The van der Waals surface area contributed by atoms with Gasteiger partial charge >= 0.3 is 0 Å². The molecule has 5 heteroatoms. The Bertz CT molecular complexity index is 415. The molecule has 2 N–H and O–H groups in total. The fourth-order valence-electron chi connectivity index (χ4n) is 1.86. The highest BCUT2D eigenvalue weighted by Crippen LogP contribution is 2.24. The smallest absolute Gasteiger partial charge is 0.236 e. The minimum atomic E-state index is -0.239. The van der Waals surface area contributed by atoms with E-state index in [1.807, 2.05) is 0 Å². The summed E-state index contributed by atoms with van der Waals surface area (Å²) < 4.78 is 0. The van der Waals surface area contributed by atoms with Crippen molar-refractivity contribution in [3.8, 4) is 0 Å². The Morgan fingerprint density at radius 3 is 2.32 bits per heavy atom. The van der Waals surface area contributed by atoms with Crippen LogP contribution in [0.15, 0.2) is 18.2 Å². The Morgan fingerprint density at radius 1 is 1.26 bits per heavy atom. The Kier molecular flexibility index (Phi) is 6.63. The van der Waals surface area contributed by atoms with Gasteiger partial charge in [-0.15, -0.1) is 0 Å². The number of carbonyl (C=O) groups is 1. The van der Waals surface area contributed by atoms with E-state index in [0.717, 1.165) is 12.0 Å². The molecule has 1 rings (SSSR count). The van der Waals surface area contributed by atoms with Crippen LogP contribution in [-0.2, 0) is 11.3 Å². The van der Waals surface area contributed by atoms with Crippen molar-refractivity contribution in [2.24, 2.45) is 5.92 Å². The Balaban J connectivity index is 2.73. The third-order valence-electron chi connectivity index (χ3n) is 2.86. The second-order valence-electron chi connectivity index (χ2n) is 4.88. The van der Waals surface area contributed by atoms with Gasteiger partial charge in [-0.1, -0.05) is 43.1 Å². The van der Waals surface area contributed by atoms with Crippen molar-refractivity contribution in [1.29, 1.82) is 0 Å².